The summed E-state index contributed by atoms with van der Waals surface area (Å²) in [7, 11) is 0. The van der Waals surface area contributed by atoms with Crippen LogP contribution in [0.1, 0.15) is 56.5 Å². The van der Waals surface area contributed by atoms with E-state index in [1.165, 1.54) is 37.8 Å². The second kappa shape index (κ2) is 6.15. The molecule has 0 aromatic carbocycles. The van der Waals surface area contributed by atoms with Crippen molar-refractivity contribution >= 4 is 0 Å². The molecule has 1 fully saturated rings. The zero-order valence-electron chi connectivity index (χ0n) is 11.1. The van der Waals surface area contributed by atoms with Crippen molar-refractivity contribution in [1.29, 1.82) is 0 Å². The van der Waals surface area contributed by atoms with Crippen LogP contribution in [-0.4, -0.2) is 11.5 Å². The summed E-state index contributed by atoms with van der Waals surface area (Å²) in [5.74, 6) is 0.776. The Hall–Kier alpha value is -0.890. The molecule has 94 valence electrons. The summed E-state index contributed by atoms with van der Waals surface area (Å²) in [5, 5.41) is 3.63. The number of hydrogen-bond acceptors (Lipinski definition) is 2. The molecule has 0 aliphatic heterocycles. The van der Waals surface area contributed by atoms with Crippen molar-refractivity contribution in [3.8, 4) is 0 Å². The molecule has 2 heteroatoms. The monoisotopic (exact) mass is 232 g/mol. The van der Waals surface area contributed by atoms with Crippen molar-refractivity contribution in [3.63, 3.8) is 0 Å². The van der Waals surface area contributed by atoms with Crippen LogP contribution in [0.2, 0.25) is 0 Å². The van der Waals surface area contributed by atoms with Gasteiger partial charge in [0.05, 0.1) is 11.7 Å². The molecule has 1 atom stereocenters. The van der Waals surface area contributed by atoms with Crippen molar-refractivity contribution in [2.75, 3.05) is 6.54 Å². The Balaban J connectivity index is 2.15. The number of aryl methyl sites for hydroxylation is 1. The van der Waals surface area contributed by atoms with Gasteiger partial charge in [-0.25, -0.2) is 0 Å². The van der Waals surface area contributed by atoms with E-state index in [0.29, 0.717) is 6.04 Å². The number of nitrogens with one attached hydrogen (secondary N) is 1. The molecule has 1 aromatic heterocycles. The average Bonchev–Trinajstić information content (AvgIpc) is 2.37. The first-order chi connectivity index (χ1) is 8.31. The van der Waals surface area contributed by atoms with Gasteiger partial charge in [-0.2, -0.15) is 0 Å². The van der Waals surface area contributed by atoms with Gasteiger partial charge in [0.1, 0.15) is 0 Å². The fraction of sp³-hybridized carbons (Fsp3) is 0.667. The number of pyridine rings is 1. The summed E-state index contributed by atoms with van der Waals surface area (Å²) >= 11 is 0. The van der Waals surface area contributed by atoms with E-state index < -0.39 is 0 Å². The molecule has 1 aliphatic carbocycles. The lowest BCUT2D eigenvalue weighted by Gasteiger charge is -2.30. The Morgan fingerprint density at radius 3 is 2.71 bits per heavy atom. The van der Waals surface area contributed by atoms with Crippen molar-refractivity contribution in [2.45, 2.75) is 52.0 Å². The minimum atomic E-state index is 0.459. The van der Waals surface area contributed by atoms with Gasteiger partial charge in [-0.05, 0) is 44.4 Å². The third-order valence-electron chi connectivity index (χ3n) is 3.77. The lowest BCUT2D eigenvalue weighted by molar-refractivity contribution is 0.270. The van der Waals surface area contributed by atoms with Gasteiger partial charge in [0.2, 0.25) is 0 Å². The predicted molar refractivity (Wildman–Crippen MR) is 72.0 cm³/mol. The first-order valence-corrected chi connectivity index (χ1v) is 6.98. The predicted octanol–water partition coefficient (Wildman–Crippen LogP) is 3.62. The smallest absolute Gasteiger partial charge is 0.0579 e. The van der Waals surface area contributed by atoms with Crippen molar-refractivity contribution < 1.29 is 0 Å². The molecule has 17 heavy (non-hydrogen) atoms. The standard InChI is InChI=1S/C15H24N2/c1-3-16-15(13-9-5-4-6-10-13)14-11-7-8-12(2)17-14/h7-8,11,13,15-16H,3-6,9-10H2,1-2H3. The Kier molecular flexibility index (Phi) is 4.55. The van der Waals surface area contributed by atoms with Gasteiger partial charge in [-0.1, -0.05) is 32.3 Å². The number of aromatic nitrogens is 1. The van der Waals surface area contributed by atoms with Gasteiger partial charge in [-0.3, -0.25) is 4.98 Å². The van der Waals surface area contributed by atoms with E-state index in [1.54, 1.807) is 0 Å². The van der Waals surface area contributed by atoms with Crippen LogP contribution in [0.15, 0.2) is 18.2 Å². The molecule has 0 bridgehead atoms. The van der Waals surface area contributed by atoms with Gasteiger partial charge in [0.15, 0.2) is 0 Å². The molecule has 2 nitrogen and oxygen atoms in total. The lowest BCUT2D eigenvalue weighted by Crippen LogP contribution is -2.30. The molecular formula is C15H24N2. The first-order valence-electron chi connectivity index (χ1n) is 6.98. The molecule has 1 heterocycles. The third kappa shape index (κ3) is 3.29. The maximum absolute atomic E-state index is 4.70. The van der Waals surface area contributed by atoms with Crippen LogP contribution in [0.25, 0.3) is 0 Å². The highest BCUT2D eigenvalue weighted by Crippen LogP contribution is 2.33. The molecule has 0 saturated heterocycles. The SMILES string of the molecule is CCNC(c1cccc(C)n1)C1CCCCC1. The third-order valence-corrected chi connectivity index (χ3v) is 3.77. The molecule has 2 rings (SSSR count). The largest absolute Gasteiger partial charge is 0.309 e. The van der Waals surface area contributed by atoms with Crippen molar-refractivity contribution in [1.82, 2.24) is 10.3 Å². The van der Waals surface area contributed by atoms with E-state index in [1.807, 2.05) is 0 Å². The van der Waals surface area contributed by atoms with E-state index in [-0.39, 0.29) is 0 Å². The van der Waals surface area contributed by atoms with Gasteiger partial charge >= 0.3 is 0 Å². The fourth-order valence-corrected chi connectivity index (χ4v) is 2.94. The molecule has 0 radical (unpaired) electrons. The highest BCUT2D eigenvalue weighted by Gasteiger charge is 2.25. The highest BCUT2D eigenvalue weighted by molar-refractivity contribution is 5.14. The maximum atomic E-state index is 4.70. The quantitative estimate of drug-likeness (QED) is 0.857. The molecule has 1 N–H and O–H groups in total. The van der Waals surface area contributed by atoms with Crippen LogP contribution >= 0.6 is 0 Å². The van der Waals surface area contributed by atoms with Crippen molar-refractivity contribution in [2.24, 2.45) is 5.92 Å². The fourth-order valence-electron chi connectivity index (χ4n) is 2.94. The average molecular weight is 232 g/mol. The number of nitrogens with zero attached hydrogens (tertiary/aromatic N) is 1. The van der Waals surface area contributed by atoms with E-state index >= 15 is 0 Å². The normalized spacial score (nSPS) is 19.2. The Morgan fingerprint density at radius 1 is 1.29 bits per heavy atom. The summed E-state index contributed by atoms with van der Waals surface area (Å²) in [6.45, 7) is 5.29. The molecule has 0 spiro atoms. The van der Waals surface area contributed by atoms with Crippen LogP contribution < -0.4 is 5.32 Å². The molecule has 1 unspecified atom stereocenters. The lowest BCUT2D eigenvalue weighted by atomic mass is 9.82. The molecular weight excluding hydrogens is 208 g/mol. The molecule has 1 aliphatic rings. The van der Waals surface area contributed by atoms with E-state index in [9.17, 15) is 0 Å². The van der Waals surface area contributed by atoms with Crippen LogP contribution in [0, 0.1) is 12.8 Å². The Labute approximate surface area is 105 Å². The first kappa shape index (κ1) is 12.6. The molecule has 0 amide bonds. The Morgan fingerprint density at radius 2 is 2.06 bits per heavy atom. The highest BCUT2D eigenvalue weighted by atomic mass is 14.9. The van der Waals surface area contributed by atoms with Gasteiger partial charge in [0, 0.05) is 5.69 Å². The van der Waals surface area contributed by atoms with Gasteiger partial charge < -0.3 is 5.32 Å². The van der Waals surface area contributed by atoms with E-state index in [0.717, 1.165) is 18.2 Å². The molecule has 1 aromatic rings. The van der Waals surface area contributed by atoms with Crippen molar-refractivity contribution in [3.05, 3.63) is 29.6 Å². The maximum Gasteiger partial charge on any atom is 0.0579 e. The topological polar surface area (TPSA) is 24.9 Å². The second-order valence-corrected chi connectivity index (χ2v) is 5.14. The summed E-state index contributed by atoms with van der Waals surface area (Å²) in [5.41, 5.74) is 2.36. The summed E-state index contributed by atoms with van der Waals surface area (Å²) < 4.78 is 0. The van der Waals surface area contributed by atoms with E-state index in [2.05, 4.69) is 37.4 Å². The van der Waals surface area contributed by atoms with Gasteiger partial charge in [0.25, 0.3) is 0 Å². The minimum absolute atomic E-state index is 0.459. The zero-order valence-corrected chi connectivity index (χ0v) is 11.1. The minimum Gasteiger partial charge on any atom is -0.309 e. The zero-order chi connectivity index (χ0) is 12.1. The Bertz CT molecular complexity index is 343. The summed E-state index contributed by atoms with van der Waals surface area (Å²) in [6.07, 6.45) is 6.90. The van der Waals surface area contributed by atoms with E-state index in [4.69, 9.17) is 4.98 Å². The summed E-state index contributed by atoms with van der Waals surface area (Å²) in [4.78, 5) is 4.70. The van der Waals surface area contributed by atoms with Gasteiger partial charge in [-0.15, -0.1) is 0 Å². The van der Waals surface area contributed by atoms with Crippen LogP contribution in [0.5, 0.6) is 0 Å². The summed E-state index contributed by atoms with van der Waals surface area (Å²) in [6, 6.07) is 6.84. The second-order valence-electron chi connectivity index (χ2n) is 5.14. The number of hydrogen-bond donors (Lipinski definition) is 1. The van der Waals surface area contributed by atoms with Crippen LogP contribution in [-0.2, 0) is 0 Å². The van der Waals surface area contributed by atoms with Crippen LogP contribution in [0.4, 0.5) is 0 Å². The van der Waals surface area contributed by atoms with Crippen LogP contribution in [0.3, 0.4) is 0 Å². The number of rotatable bonds is 4. The molecule has 1 saturated carbocycles.